The van der Waals surface area contributed by atoms with Gasteiger partial charge < -0.3 is 10.2 Å². The number of anilines is 1. The third-order valence-corrected chi connectivity index (χ3v) is 7.98. The SMILES string of the molecule is O=C(NCc1nnc(SCC(=O)N2CCCc3ccccc32)n1-c1ccc(Br)cc1)c1cccs1. The Morgan fingerprint density at radius 3 is 2.69 bits per heavy atom. The summed E-state index contributed by atoms with van der Waals surface area (Å²) < 4.78 is 2.85. The predicted octanol–water partition coefficient (Wildman–Crippen LogP) is 5.09. The Morgan fingerprint density at radius 2 is 1.89 bits per heavy atom. The predicted molar refractivity (Wildman–Crippen MR) is 142 cm³/mol. The van der Waals surface area contributed by atoms with E-state index >= 15 is 0 Å². The third-order valence-electron chi connectivity index (χ3n) is 5.67. The average Bonchev–Trinajstić information content (AvgIpc) is 3.57. The maximum Gasteiger partial charge on any atom is 0.261 e. The fourth-order valence-corrected chi connectivity index (χ4v) is 5.76. The van der Waals surface area contributed by atoms with Crippen LogP contribution in [0.4, 0.5) is 5.69 Å². The molecule has 178 valence electrons. The number of aromatic nitrogens is 3. The highest BCUT2D eigenvalue weighted by Gasteiger charge is 2.24. The van der Waals surface area contributed by atoms with E-state index in [1.54, 1.807) is 6.07 Å². The fourth-order valence-electron chi connectivity index (χ4n) is 4.01. The lowest BCUT2D eigenvalue weighted by atomic mass is 10.0. The van der Waals surface area contributed by atoms with Crippen LogP contribution >= 0.6 is 39.0 Å². The number of amides is 2. The molecular formula is C25H22BrN5O2S2. The maximum absolute atomic E-state index is 13.2. The second-order valence-corrected chi connectivity index (χ2v) is 10.7. The van der Waals surface area contributed by atoms with Crippen LogP contribution in [0.25, 0.3) is 5.69 Å². The van der Waals surface area contributed by atoms with Crippen LogP contribution < -0.4 is 10.2 Å². The smallest absolute Gasteiger partial charge is 0.261 e. The second-order valence-electron chi connectivity index (χ2n) is 7.94. The fraction of sp³-hybridized carbons (Fsp3) is 0.200. The molecule has 0 saturated carbocycles. The van der Waals surface area contributed by atoms with Crippen molar-refractivity contribution < 1.29 is 9.59 Å². The lowest BCUT2D eigenvalue weighted by Crippen LogP contribution is -2.36. The zero-order chi connectivity index (χ0) is 24.2. The van der Waals surface area contributed by atoms with E-state index in [0.717, 1.165) is 35.2 Å². The number of hydrogen-bond donors (Lipinski definition) is 1. The van der Waals surface area contributed by atoms with Crippen molar-refractivity contribution in [2.45, 2.75) is 24.5 Å². The number of nitrogens with one attached hydrogen (secondary N) is 1. The summed E-state index contributed by atoms with van der Waals surface area (Å²) in [4.78, 5) is 28.1. The molecule has 0 radical (unpaired) electrons. The molecule has 2 aromatic carbocycles. The topological polar surface area (TPSA) is 80.1 Å². The van der Waals surface area contributed by atoms with Crippen molar-refractivity contribution in [1.29, 1.82) is 0 Å². The minimum Gasteiger partial charge on any atom is -0.344 e. The van der Waals surface area contributed by atoms with Crippen LogP contribution in [-0.2, 0) is 17.8 Å². The van der Waals surface area contributed by atoms with E-state index in [-0.39, 0.29) is 24.1 Å². The molecule has 3 heterocycles. The van der Waals surface area contributed by atoms with E-state index in [9.17, 15) is 9.59 Å². The van der Waals surface area contributed by atoms with Gasteiger partial charge in [-0.15, -0.1) is 21.5 Å². The molecule has 0 bridgehead atoms. The summed E-state index contributed by atoms with van der Waals surface area (Å²) in [5, 5.41) is 14.1. The van der Waals surface area contributed by atoms with E-state index in [2.05, 4.69) is 37.5 Å². The van der Waals surface area contributed by atoms with Gasteiger partial charge >= 0.3 is 0 Å². The summed E-state index contributed by atoms with van der Waals surface area (Å²) in [6.45, 7) is 0.934. The zero-order valence-corrected chi connectivity index (χ0v) is 21.9. The number of carbonyl (C=O) groups excluding carboxylic acids is 2. The third kappa shape index (κ3) is 5.34. The molecule has 0 saturated heterocycles. The number of hydrogen-bond acceptors (Lipinski definition) is 6. The number of thioether (sulfide) groups is 1. The van der Waals surface area contributed by atoms with Crippen molar-refractivity contribution in [1.82, 2.24) is 20.1 Å². The monoisotopic (exact) mass is 567 g/mol. The normalized spacial score (nSPS) is 12.9. The molecule has 35 heavy (non-hydrogen) atoms. The van der Waals surface area contributed by atoms with Gasteiger partial charge in [-0.05, 0) is 60.2 Å². The Kier molecular flexibility index (Phi) is 7.31. The van der Waals surface area contributed by atoms with Crippen molar-refractivity contribution in [2.24, 2.45) is 0 Å². The van der Waals surface area contributed by atoms with Crippen molar-refractivity contribution in [2.75, 3.05) is 17.2 Å². The van der Waals surface area contributed by atoms with Crippen LogP contribution in [0.2, 0.25) is 0 Å². The molecule has 0 atom stereocenters. The number of thiophene rings is 1. The van der Waals surface area contributed by atoms with Crippen LogP contribution in [0.3, 0.4) is 0 Å². The van der Waals surface area contributed by atoms with Crippen LogP contribution in [0, 0.1) is 0 Å². The van der Waals surface area contributed by atoms with Gasteiger partial charge in [-0.3, -0.25) is 14.2 Å². The highest BCUT2D eigenvalue weighted by atomic mass is 79.9. The summed E-state index contributed by atoms with van der Waals surface area (Å²) in [6.07, 6.45) is 1.95. The molecule has 0 fully saturated rings. The Labute approximate surface area is 219 Å². The first-order valence-electron chi connectivity index (χ1n) is 11.1. The van der Waals surface area contributed by atoms with Crippen molar-refractivity contribution in [3.8, 4) is 5.69 Å². The van der Waals surface area contributed by atoms with E-state index in [0.29, 0.717) is 15.9 Å². The highest BCUT2D eigenvalue weighted by Crippen LogP contribution is 2.29. The minimum atomic E-state index is -0.154. The van der Waals surface area contributed by atoms with Crippen LogP contribution in [-0.4, -0.2) is 38.9 Å². The summed E-state index contributed by atoms with van der Waals surface area (Å²) in [5.74, 6) is 0.721. The highest BCUT2D eigenvalue weighted by molar-refractivity contribution is 9.10. The molecule has 2 aromatic heterocycles. The summed E-state index contributed by atoms with van der Waals surface area (Å²) in [7, 11) is 0. The zero-order valence-electron chi connectivity index (χ0n) is 18.7. The van der Waals surface area contributed by atoms with Crippen molar-refractivity contribution >= 4 is 56.5 Å². The number of aryl methyl sites for hydroxylation is 1. The molecule has 2 amide bonds. The van der Waals surface area contributed by atoms with Crippen LogP contribution in [0.5, 0.6) is 0 Å². The number of halogens is 1. The van der Waals surface area contributed by atoms with E-state index in [1.807, 2.05) is 63.4 Å². The molecule has 5 rings (SSSR count). The number of carbonyl (C=O) groups is 2. The summed E-state index contributed by atoms with van der Waals surface area (Å²) in [5.41, 5.74) is 3.06. The van der Waals surface area contributed by atoms with Crippen LogP contribution in [0.15, 0.2) is 75.7 Å². The Balaban J connectivity index is 1.35. The van der Waals surface area contributed by atoms with Gasteiger partial charge in [-0.2, -0.15) is 0 Å². The molecule has 1 aliphatic rings. The molecule has 0 spiro atoms. The molecule has 1 N–H and O–H groups in total. The van der Waals surface area contributed by atoms with Gasteiger partial charge in [0.1, 0.15) is 0 Å². The average molecular weight is 569 g/mol. The maximum atomic E-state index is 13.2. The quantitative estimate of drug-likeness (QED) is 0.314. The first-order chi connectivity index (χ1) is 17.1. The lowest BCUT2D eigenvalue weighted by Gasteiger charge is -2.29. The molecular weight excluding hydrogens is 546 g/mol. The number of rotatable bonds is 7. The Hall–Kier alpha value is -2.95. The number of benzene rings is 2. The van der Waals surface area contributed by atoms with Crippen LogP contribution in [0.1, 0.15) is 27.5 Å². The lowest BCUT2D eigenvalue weighted by molar-refractivity contribution is -0.116. The molecule has 7 nitrogen and oxygen atoms in total. The first kappa shape index (κ1) is 23.8. The first-order valence-corrected chi connectivity index (χ1v) is 13.8. The van der Waals surface area contributed by atoms with Crippen molar-refractivity contribution in [3.05, 3.63) is 86.8 Å². The van der Waals surface area contributed by atoms with E-state index < -0.39 is 0 Å². The molecule has 4 aromatic rings. The van der Waals surface area contributed by atoms with Gasteiger partial charge in [0.2, 0.25) is 5.91 Å². The number of para-hydroxylation sites is 1. The molecule has 10 heteroatoms. The van der Waals surface area contributed by atoms with Crippen molar-refractivity contribution in [3.63, 3.8) is 0 Å². The molecule has 0 aliphatic carbocycles. The summed E-state index contributed by atoms with van der Waals surface area (Å²) in [6, 6.07) is 19.5. The Morgan fingerprint density at radius 1 is 1.06 bits per heavy atom. The minimum absolute atomic E-state index is 0.0417. The van der Waals surface area contributed by atoms with Gasteiger partial charge in [0.25, 0.3) is 5.91 Å². The standard InChI is InChI=1S/C25H22BrN5O2S2/c26-18-9-11-19(12-10-18)31-22(15-27-24(33)21-8-4-14-34-21)28-29-25(31)35-16-23(32)30-13-3-6-17-5-1-2-7-20(17)30/h1-2,4-5,7-12,14H,3,6,13,15-16H2,(H,27,33). The van der Waals surface area contributed by atoms with Gasteiger partial charge in [-0.1, -0.05) is 52.0 Å². The van der Waals surface area contributed by atoms with Gasteiger partial charge in [0.15, 0.2) is 11.0 Å². The summed E-state index contributed by atoms with van der Waals surface area (Å²) >= 11 is 6.21. The molecule has 0 unspecified atom stereocenters. The largest absolute Gasteiger partial charge is 0.344 e. The van der Waals surface area contributed by atoms with E-state index in [1.165, 1.54) is 28.7 Å². The number of nitrogens with zero attached hydrogens (tertiary/aromatic N) is 4. The van der Waals surface area contributed by atoms with Gasteiger partial charge in [0.05, 0.1) is 17.2 Å². The van der Waals surface area contributed by atoms with E-state index in [4.69, 9.17) is 0 Å². The molecule has 1 aliphatic heterocycles. The van der Waals surface area contributed by atoms with Gasteiger partial charge in [-0.25, -0.2) is 0 Å². The Bertz CT molecular complexity index is 1340. The van der Waals surface area contributed by atoms with Gasteiger partial charge in [0, 0.05) is 22.4 Å². The second kappa shape index (κ2) is 10.8. The number of fused-ring (bicyclic) bond motifs is 1.